The summed E-state index contributed by atoms with van der Waals surface area (Å²) in [6.07, 6.45) is 0. The Labute approximate surface area is 145 Å². The molecule has 0 spiro atoms. The topological polar surface area (TPSA) is 81.9 Å². The largest absolute Gasteiger partial charge is 0.496 e. The molecule has 0 aliphatic heterocycles. The highest BCUT2D eigenvalue weighted by atomic mass is 16.6. The van der Waals surface area contributed by atoms with Gasteiger partial charge in [-0.1, -0.05) is 24.3 Å². The molecule has 25 heavy (non-hydrogen) atoms. The zero-order valence-electron chi connectivity index (χ0n) is 14.4. The first-order valence-electron chi connectivity index (χ1n) is 7.66. The minimum atomic E-state index is -0.570. The maximum absolute atomic E-state index is 12.2. The van der Waals surface area contributed by atoms with Crippen molar-refractivity contribution in [3.05, 3.63) is 63.7 Å². The van der Waals surface area contributed by atoms with Gasteiger partial charge in [0.25, 0.3) is 5.91 Å². The molecule has 0 radical (unpaired) electrons. The molecule has 0 saturated carbocycles. The highest BCUT2D eigenvalue weighted by Crippen LogP contribution is 2.31. The van der Waals surface area contributed by atoms with Crippen LogP contribution in [0.5, 0.6) is 11.5 Å². The minimum absolute atomic E-state index is 0.0310. The summed E-state index contributed by atoms with van der Waals surface area (Å²) in [7, 11) is 3.09. The van der Waals surface area contributed by atoms with Crippen molar-refractivity contribution in [1.29, 1.82) is 0 Å². The van der Waals surface area contributed by atoms with Crippen LogP contribution in [0, 0.1) is 17.0 Å². The van der Waals surface area contributed by atoms with Crippen molar-refractivity contribution in [1.82, 2.24) is 4.90 Å². The van der Waals surface area contributed by atoms with Crippen LogP contribution in [0.25, 0.3) is 0 Å². The fraction of sp³-hybridized carbons (Fsp3) is 0.278. The number of benzene rings is 2. The van der Waals surface area contributed by atoms with Crippen molar-refractivity contribution in [3.63, 3.8) is 0 Å². The highest BCUT2D eigenvalue weighted by molar-refractivity contribution is 5.77. The Morgan fingerprint density at radius 3 is 2.60 bits per heavy atom. The molecule has 0 aliphatic carbocycles. The van der Waals surface area contributed by atoms with Crippen LogP contribution in [-0.4, -0.2) is 36.5 Å². The number of amides is 1. The Balaban J connectivity index is 2.02. The molecule has 0 N–H and O–H groups in total. The number of rotatable bonds is 7. The first kappa shape index (κ1) is 18.3. The van der Waals surface area contributed by atoms with Crippen molar-refractivity contribution in [3.8, 4) is 11.5 Å². The molecule has 0 bridgehead atoms. The summed E-state index contributed by atoms with van der Waals surface area (Å²) in [6.45, 7) is 2.14. The second kappa shape index (κ2) is 8.14. The average molecular weight is 344 g/mol. The molecule has 0 atom stereocenters. The van der Waals surface area contributed by atoms with E-state index < -0.39 is 4.92 Å². The second-order valence-electron chi connectivity index (χ2n) is 5.56. The van der Waals surface area contributed by atoms with Gasteiger partial charge in [-0.15, -0.1) is 0 Å². The number of carbonyl (C=O) groups is 1. The number of aryl methyl sites for hydroxylation is 1. The Kier molecular flexibility index (Phi) is 5.94. The van der Waals surface area contributed by atoms with Gasteiger partial charge in [-0.05, 0) is 30.2 Å². The molecule has 2 aromatic carbocycles. The van der Waals surface area contributed by atoms with Crippen LogP contribution in [0.3, 0.4) is 0 Å². The molecule has 0 saturated heterocycles. The lowest BCUT2D eigenvalue weighted by molar-refractivity contribution is -0.385. The third-order valence-corrected chi connectivity index (χ3v) is 3.81. The van der Waals surface area contributed by atoms with E-state index in [0.717, 1.165) is 11.1 Å². The van der Waals surface area contributed by atoms with E-state index in [9.17, 15) is 14.9 Å². The molecule has 0 heterocycles. The number of likely N-dealkylation sites (N-methyl/N-ethyl adjacent to an activating group) is 1. The van der Waals surface area contributed by atoms with Gasteiger partial charge in [-0.3, -0.25) is 14.9 Å². The summed E-state index contributed by atoms with van der Waals surface area (Å²) >= 11 is 0. The standard InChI is InChI=1S/C18H20N2O5/c1-13-6-4-5-7-14(13)11-19(2)18(21)12-25-17-9-8-15(24-3)10-16(17)20(22)23/h4-10H,11-12H2,1-3H3. The summed E-state index contributed by atoms with van der Waals surface area (Å²) in [5.41, 5.74) is 1.89. The van der Waals surface area contributed by atoms with Gasteiger partial charge in [0.2, 0.25) is 0 Å². The van der Waals surface area contributed by atoms with Gasteiger partial charge in [-0.25, -0.2) is 0 Å². The third kappa shape index (κ3) is 4.69. The Morgan fingerprint density at radius 1 is 1.24 bits per heavy atom. The summed E-state index contributed by atoms with van der Waals surface area (Å²) < 4.78 is 10.3. The van der Waals surface area contributed by atoms with E-state index in [4.69, 9.17) is 9.47 Å². The lowest BCUT2D eigenvalue weighted by atomic mass is 10.1. The number of ether oxygens (including phenoxy) is 2. The quantitative estimate of drug-likeness (QED) is 0.570. The van der Waals surface area contributed by atoms with Gasteiger partial charge in [0.15, 0.2) is 12.4 Å². The van der Waals surface area contributed by atoms with Gasteiger partial charge in [0.05, 0.1) is 18.1 Å². The molecule has 0 unspecified atom stereocenters. The molecule has 2 rings (SSSR count). The van der Waals surface area contributed by atoms with Crippen LogP contribution >= 0.6 is 0 Å². The number of hydrogen-bond acceptors (Lipinski definition) is 5. The summed E-state index contributed by atoms with van der Waals surface area (Å²) in [5, 5.41) is 11.1. The van der Waals surface area contributed by atoms with Gasteiger partial charge in [0.1, 0.15) is 5.75 Å². The maximum Gasteiger partial charge on any atom is 0.314 e. The molecule has 2 aromatic rings. The van der Waals surface area contributed by atoms with Crippen LogP contribution in [0.4, 0.5) is 5.69 Å². The van der Waals surface area contributed by atoms with E-state index in [2.05, 4.69) is 0 Å². The summed E-state index contributed by atoms with van der Waals surface area (Å²) in [6, 6.07) is 12.0. The van der Waals surface area contributed by atoms with Crippen molar-refractivity contribution in [2.75, 3.05) is 20.8 Å². The van der Waals surface area contributed by atoms with Crippen molar-refractivity contribution in [2.24, 2.45) is 0 Å². The van der Waals surface area contributed by atoms with Crippen LogP contribution in [0.2, 0.25) is 0 Å². The van der Waals surface area contributed by atoms with Crippen LogP contribution < -0.4 is 9.47 Å². The van der Waals surface area contributed by atoms with E-state index in [-0.39, 0.29) is 24.0 Å². The van der Waals surface area contributed by atoms with E-state index in [1.807, 2.05) is 31.2 Å². The van der Waals surface area contributed by atoms with Crippen LogP contribution in [0.15, 0.2) is 42.5 Å². The third-order valence-electron chi connectivity index (χ3n) is 3.81. The number of hydrogen-bond donors (Lipinski definition) is 0. The number of nitrogens with zero attached hydrogens (tertiary/aromatic N) is 2. The van der Waals surface area contributed by atoms with Crippen LogP contribution in [0.1, 0.15) is 11.1 Å². The fourth-order valence-electron chi connectivity index (χ4n) is 2.27. The van der Waals surface area contributed by atoms with Gasteiger partial charge >= 0.3 is 5.69 Å². The summed E-state index contributed by atoms with van der Waals surface area (Å²) in [4.78, 5) is 24.3. The first-order chi connectivity index (χ1) is 11.9. The monoisotopic (exact) mass is 344 g/mol. The second-order valence-corrected chi connectivity index (χ2v) is 5.56. The lowest BCUT2D eigenvalue weighted by Crippen LogP contribution is -2.31. The smallest absolute Gasteiger partial charge is 0.314 e. The molecule has 0 aliphatic rings. The minimum Gasteiger partial charge on any atom is -0.496 e. The summed E-state index contributed by atoms with van der Waals surface area (Å²) in [5.74, 6) is 0.110. The fourth-order valence-corrected chi connectivity index (χ4v) is 2.27. The molecule has 7 nitrogen and oxygen atoms in total. The molecule has 132 valence electrons. The van der Waals surface area contributed by atoms with Crippen molar-refractivity contribution in [2.45, 2.75) is 13.5 Å². The molecular formula is C18H20N2O5. The number of methoxy groups -OCH3 is 1. The van der Waals surface area contributed by atoms with Crippen molar-refractivity contribution < 1.29 is 19.2 Å². The predicted molar refractivity (Wildman–Crippen MR) is 92.8 cm³/mol. The lowest BCUT2D eigenvalue weighted by Gasteiger charge is -2.18. The number of nitro benzene ring substituents is 1. The zero-order valence-corrected chi connectivity index (χ0v) is 14.4. The normalized spacial score (nSPS) is 10.2. The average Bonchev–Trinajstić information content (AvgIpc) is 2.61. The van der Waals surface area contributed by atoms with E-state index in [1.54, 1.807) is 13.1 Å². The molecule has 0 aromatic heterocycles. The van der Waals surface area contributed by atoms with Gasteiger partial charge in [-0.2, -0.15) is 0 Å². The van der Waals surface area contributed by atoms with Crippen molar-refractivity contribution >= 4 is 11.6 Å². The van der Waals surface area contributed by atoms with Gasteiger partial charge < -0.3 is 14.4 Å². The zero-order chi connectivity index (χ0) is 18.4. The predicted octanol–water partition coefficient (Wildman–Crippen LogP) is 2.95. The van der Waals surface area contributed by atoms with E-state index in [1.165, 1.54) is 24.1 Å². The maximum atomic E-state index is 12.2. The highest BCUT2D eigenvalue weighted by Gasteiger charge is 2.19. The van der Waals surface area contributed by atoms with Gasteiger partial charge in [0, 0.05) is 13.6 Å². The number of nitro groups is 1. The molecule has 0 fully saturated rings. The van der Waals surface area contributed by atoms with E-state index in [0.29, 0.717) is 12.3 Å². The number of carbonyl (C=O) groups excluding carboxylic acids is 1. The van der Waals surface area contributed by atoms with Crippen LogP contribution in [-0.2, 0) is 11.3 Å². The Bertz CT molecular complexity index is 776. The molecule has 1 amide bonds. The van der Waals surface area contributed by atoms with E-state index >= 15 is 0 Å². The first-order valence-corrected chi connectivity index (χ1v) is 7.66. The Hall–Kier alpha value is -3.09. The molecular weight excluding hydrogens is 324 g/mol. The SMILES string of the molecule is COc1ccc(OCC(=O)N(C)Cc2ccccc2C)c([N+](=O)[O-])c1. The molecule has 7 heteroatoms. The Morgan fingerprint density at radius 2 is 1.96 bits per heavy atom.